The molecule has 3 aromatic rings. The number of benzene rings is 2. The van der Waals surface area contributed by atoms with Crippen molar-refractivity contribution in [2.24, 2.45) is 4.99 Å². The van der Waals surface area contributed by atoms with Crippen molar-refractivity contribution in [3.05, 3.63) is 81.0 Å². The molecule has 0 aliphatic rings. The second kappa shape index (κ2) is 6.45. The molecule has 0 radical (unpaired) electrons. The summed E-state index contributed by atoms with van der Waals surface area (Å²) in [7, 11) is 0. The zero-order chi connectivity index (χ0) is 17.3. The number of aryl methyl sites for hydroxylation is 1. The van der Waals surface area contributed by atoms with E-state index in [4.69, 9.17) is 11.6 Å². The molecule has 4 nitrogen and oxygen atoms in total. The van der Waals surface area contributed by atoms with Crippen LogP contribution in [0.25, 0.3) is 5.69 Å². The molecule has 1 aromatic heterocycles. The fraction of sp³-hybridized carbons (Fsp3) is 0.111. The molecule has 0 aliphatic carbocycles. The van der Waals surface area contributed by atoms with E-state index >= 15 is 0 Å². The Labute approximate surface area is 143 Å². The van der Waals surface area contributed by atoms with E-state index in [1.165, 1.54) is 28.9 Å². The van der Waals surface area contributed by atoms with Crippen molar-refractivity contribution < 1.29 is 4.39 Å². The lowest BCUT2D eigenvalue weighted by atomic mass is 10.1. The van der Waals surface area contributed by atoms with E-state index in [-0.39, 0.29) is 11.4 Å². The Morgan fingerprint density at radius 2 is 1.83 bits per heavy atom. The van der Waals surface area contributed by atoms with Crippen molar-refractivity contribution in [2.45, 2.75) is 13.8 Å². The standard InChI is InChI=1S/C18H15ClFN3O/c1-11(21-16-6-4-3-5-15(16)19)17-12(2)22-23(18(17)24)14-9-7-13(20)8-10-14/h3-10,22H,1-2H3. The Hall–Kier alpha value is -2.66. The zero-order valence-electron chi connectivity index (χ0n) is 13.2. The molecule has 0 bridgehead atoms. The lowest BCUT2D eigenvalue weighted by molar-refractivity contribution is 0.627. The highest BCUT2D eigenvalue weighted by Crippen LogP contribution is 2.24. The first-order valence-electron chi connectivity index (χ1n) is 7.35. The minimum atomic E-state index is -0.355. The van der Waals surface area contributed by atoms with Crippen molar-refractivity contribution in [1.29, 1.82) is 0 Å². The summed E-state index contributed by atoms with van der Waals surface area (Å²) in [6, 6.07) is 12.9. The largest absolute Gasteiger partial charge is 0.295 e. The summed E-state index contributed by atoms with van der Waals surface area (Å²) in [5.41, 5.74) is 2.62. The van der Waals surface area contributed by atoms with E-state index in [9.17, 15) is 9.18 Å². The monoisotopic (exact) mass is 343 g/mol. The van der Waals surface area contributed by atoms with Crippen LogP contribution in [0.4, 0.5) is 10.1 Å². The van der Waals surface area contributed by atoms with Crippen LogP contribution in [0.15, 0.2) is 58.3 Å². The van der Waals surface area contributed by atoms with Gasteiger partial charge in [-0.25, -0.2) is 9.07 Å². The molecule has 0 saturated heterocycles. The second-order valence-corrected chi connectivity index (χ2v) is 5.78. The van der Waals surface area contributed by atoms with E-state index in [0.29, 0.717) is 33.4 Å². The topological polar surface area (TPSA) is 50.1 Å². The van der Waals surface area contributed by atoms with Crippen molar-refractivity contribution in [1.82, 2.24) is 9.78 Å². The number of para-hydroxylation sites is 1. The van der Waals surface area contributed by atoms with E-state index in [2.05, 4.69) is 10.1 Å². The highest BCUT2D eigenvalue weighted by atomic mass is 35.5. The van der Waals surface area contributed by atoms with Crippen LogP contribution in [0.2, 0.25) is 5.02 Å². The Morgan fingerprint density at radius 1 is 1.17 bits per heavy atom. The molecule has 24 heavy (non-hydrogen) atoms. The first kappa shape index (κ1) is 16.2. The maximum absolute atomic E-state index is 13.1. The number of nitrogens with one attached hydrogen (secondary N) is 1. The number of halogens is 2. The van der Waals surface area contributed by atoms with Crippen molar-refractivity contribution in [3.8, 4) is 5.69 Å². The number of hydrogen-bond acceptors (Lipinski definition) is 2. The normalized spacial score (nSPS) is 11.8. The van der Waals surface area contributed by atoms with Gasteiger partial charge in [0.15, 0.2) is 0 Å². The summed E-state index contributed by atoms with van der Waals surface area (Å²) in [6.07, 6.45) is 0. The summed E-state index contributed by atoms with van der Waals surface area (Å²) in [5.74, 6) is -0.355. The molecule has 0 unspecified atom stereocenters. The number of aliphatic imine (C=N–C) groups is 1. The summed E-state index contributed by atoms with van der Waals surface area (Å²) in [6.45, 7) is 3.55. The summed E-state index contributed by atoms with van der Waals surface area (Å²) in [4.78, 5) is 17.2. The number of hydrogen-bond donors (Lipinski definition) is 1. The molecular weight excluding hydrogens is 329 g/mol. The van der Waals surface area contributed by atoms with Crippen molar-refractivity contribution in [3.63, 3.8) is 0 Å². The molecule has 122 valence electrons. The molecule has 0 spiro atoms. The predicted octanol–water partition coefficient (Wildman–Crippen LogP) is 4.41. The third-order valence-electron chi connectivity index (χ3n) is 3.66. The average molecular weight is 344 g/mol. The van der Waals surface area contributed by atoms with E-state index in [1.54, 1.807) is 26.0 Å². The third-order valence-corrected chi connectivity index (χ3v) is 3.98. The van der Waals surface area contributed by atoms with Gasteiger partial charge >= 0.3 is 0 Å². The molecule has 0 atom stereocenters. The van der Waals surface area contributed by atoms with Gasteiger partial charge in [-0.15, -0.1) is 0 Å². The van der Waals surface area contributed by atoms with Crippen LogP contribution < -0.4 is 5.56 Å². The smallest absolute Gasteiger partial charge is 0.280 e. The molecule has 6 heteroatoms. The SMILES string of the molecule is CC(=Nc1ccccc1Cl)c1c(C)[nH]n(-c2ccc(F)cc2)c1=O. The second-order valence-electron chi connectivity index (χ2n) is 5.38. The third kappa shape index (κ3) is 3.03. The first-order valence-corrected chi connectivity index (χ1v) is 7.73. The number of nitrogens with zero attached hydrogens (tertiary/aromatic N) is 2. The Kier molecular flexibility index (Phi) is 4.36. The minimum absolute atomic E-state index is 0.243. The summed E-state index contributed by atoms with van der Waals surface area (Å²) >= 11 is 6.12. The molecule has 0 saturated carbocycles. The van der Waals surface area contributed by atoms with Gasteiger partial charge in [-0.05, 0) is 50.2 Å². The Bertz CT molecular complexity index is 971. The molecule has 1 heterocycles. The van der Waals surface area contributed by atoms with Crippen molar-refractivity contribution >= 4 is 23.0 Å². The zero-order valence-corrected chi connectivity index (χ0v) is 13.9. The predicted molar refractivity (Wildman–Crippen MR) is 94.4 cm³/mol. The maximum Gasteiger partial charge on any atom is 0.280 e. The van der Waals surface area contributed by atoms with Crippen LogP contribution >= 0.6 is 11.6 Å². The van der Waals surface area contributed by atoms with Gasteiger partial charge in [0.1, 0.15) is 5.82 Å². The first-order chi connectivity index (χ1) is 11.5. The number of aromatic amines is 1. The summed E-state index contributed by atoms with van der Waals surface area (Å²) < 4.78 is 14.4. The van der Waals surface area contributed by atoms with E-state index < -0.39 is 0 Å². The van der Waals surface area contributed by atoms with Gasteiger partial charge in [0.25, 0.3) is 5.56 Å². The van der Waals surface area contributed by atoms with Crippen LogP contribution in [0.1, 0.15) is 18.2 Å². The van der Waals surface area contributed by atoms with E-state index in [0.717, 1.165) is 0 Å². The van der Waals surface area contributed by atoms with Crippen molar-refractivity contribution in [2.75, 3.05) is 0 Å². The molecule has 3 rings (SSSR count). The Morgan fingerprint density at radius 3 is 2.50 bits per heavy atom. The lowest BCUT2D eigenvalue weighted by Crippen LogP contribution is -2.19. The van der Waals surface area contributed by atoms with Gasteiger partial charge in [-0.3, -0.25) is 14.9 Å². The van der Waals surface area contributed by atoms with Crippen LogP contribution in [-0.2, 0) is 0 Å². The molecule has 1 N–H and O–H groups in total. The Balaban J connectivity index is 2.08. The van der Waals surface area contributed by atoms with Crippen LogP contribution in [0.5, 0.6) is 0 Å². The highest BCUT2D eigenvalue weighted by molar-refractivity contribution is 6.33. The lowest BCUT2D eigenvalue weighted by Gasteiger charge is -2.01. The average Bonchev–Trinajstić information content (AvgIpc) is 2.85. The van der Waals surface area contributed by atoms with Gasteiger partial charge in [-0.1, -0.05) is 23.7 Å². The van der Waals surface area contributed by atoms with Crippen LogP contribution in [-0.4, -0.2) is 15.5 Å². The highest BCUT2D eigenvalue weighted by Gasteiger charge is 2.15. The maximum atomic E-state index is 13.1. The minimum Gasteiger partial charge on any atom is -0.295 e. The fourth-order valence-electron chi connectivity index (χ4n) is 2.52. The molecule has 0 aliphatic heterocycles. The molecule has 2 aromatic carbocycles. The number of rotatable bonds is 3. The molecular formula is C18H15ClFN3O. The fourth-order valence-corrected chi connectivity index (χ4v) is 2.70. The van der Waals surface area contributed by atoms with Crippen LogP contribution in [0.3, 0.4) is 0 Å². The quantitative estimate of drug-likeness (QED) is 0.704. The number of H-pyrrole nitrogens is 1. The summed E-state index contributed by atoms with van der Waals surface area (Å²) in [5, 5.41) is 3.52. The van der Waals surface area contributed by atoms with E-state index in [1.807, 2.05) is 12.1 Å². The molecule has 0 fully saturated rings. The van der Waals surface area contributed by atoms with Gasteiger partial charge in [0.05, 0.1) is 27.7 Å². The number of aromatic nitrogens is 2. The van der Waals surface area contributed by atoms with Gasteiger partial charge in [0.2, 0.25) is 0 Å². The molecule has 0 amide bonds. The van der Waals surface area contributed by atoms with Gasteiger partial charge < -0.3 is 0 Å². The van der Waals surface area contributed by atoms with Gasteiger partial charge in [-0.2, -0.15) is 0 Å². The van der Waals surface area contributed by atoms with Gasteiger partial charge in [0, 0.05) is 5.69 Å². The van der Waals surface area contributed by atoms with Crippen LogP contribution in [0, 0.1) is 12.7 Å².